The first-order valence-electron chi connectivity index (χ1n) is 8.79. The molecule has 1 fully saturated rings. The first-order chi connectivity index (χ1) is 12.9. The van der Waals surface area contributed by atoms with Crippen LogP contribution in [-0.4, -0.2) is 41.0 Å². The van der Waals surface area contributed by atoms with Gasteiger partial charge in [0.2, 0.25) is 0 Å². The minimum absolute atomic E-state index is 0.0145. The number of hydrogen-bond donors (Lipinski definition) is 3. The third-order valence-corrected chi connectivity index (χ3v) is 5.14. The van der Waals surface area contributed by atoms with Crippen molar-refractivity contribution >= 4 is 30.0 Å². The molecule has 142 valence electrons. The Hall–Kier alpha value is -2.43. The van der Waals surface area contributed by atoms with Crippen LogP contribution in [0.5, 0.6) is 0 Å². The molecule has 2 atom stereocenters. The lowest BCUT2D eigenvalue weighted by atomic mass is 9.79. The van der Waals surface area contributed by atoms with Crippen LogP contribution in [0.3, 0.4) is 0 Å². The van der Waals surface area contributed by atoms with Gasteiger partial charge in [-0.05, 0) is 29.9 Å². The molecular weight excluding hydrogens is 354 g/mol. The zero-order chi connectivity index (χ0) is 19.1. The molecule has 2 aliphatic heterocycles. The molecule has 0 bridgehead atoms. The summed E-state index contributed by atoms with van der Waals surface area (Å²) in [6.07, 6.45) is 2.48. The number of primary amides is 1. The molecule has 2 aliphatic rings. The number of ether oxygens (including phenoxy) is 1. The summed E-state index contributed by atoms with van der Waals surface area (Å²) in [6, 6.07) is 2.84. The lowest BCUT2D eigenvalue weighted by Gasteiger charge is -2.28. The maximum absolute atomic E-state index is 14.3. The Kier molecular flexibility index (Phi) is 4.62. The van der Waals surface area contributed by atoms with E-state index in [-0.39, 0.29) is 24.0 Å². The molecule has 0 aliphatic carbocycles. The summed E-state index contributed by atoms with van der Waals surface area (Å²) in [6.45, 7) is 3.32. The van der Waals surface area contributed by atoms with Crippen molar-refractivity contribution in [2.24, 2.45) is 11.7 Å². The van der Waals surface area contributed by atoms with Gasteiger partial charge in [0.15, 0.2) is 5.82 Å². The maximum atomic E-state index is 14.3. The van der Waals surface area contributed by atoms with Gasteiger partial charge in [0.1, 0.15) is 11.4 Å². The Bertz CT molecular complexity index is 890. The normalized spacial score (nSPS) is 22.0. The monoisotopic (exact) mass is 374 g/mol. The van der Waals surface area contributed by atoms with E-state index in [1.54, 1.807) is 16.9 Å². The number of anilines is 2. The molecule has 2 aromatic rings. The average molecular weight is 374 g/mol. The third kappa shape index (κ3) is 3.31. The minimum Gasteiger partial charge on any atom is -0.423 e. The molecule has 1 amide bonds. The fraction of sp³-hybridized carbons (Fsp3) is 0.412. The highest BCUT2D eigenvalue weighted by molar-refractivity contribution is 6.61. The van der Waals surface area contributed by atoms with Gasteiger partial charge in [-0.1, -0.05) is 6.92 Å². The average Bonchev–Trinajstić information content (AvgIpc) is 3.20. The number of nitrogens with two attached hydrogens (primary N) is 1. The standard InChI is InChI=1S/C17H20BFN4O4/c1-9-2-3-26-8-15(9)23-6-11(16(20)24)17(22-23)21-10-4-13-12(14(19)5-10)7-27-18(13)25/h4-6,9,15,25H,2-3,7-8H2,1H3,(H2,20,24)(H,21,22)/t9-,15-/m0/s1. The van der Waals surface area contributed by atoms with Gasteiger partial charge in [-0.2, -0.15) is 5.10 Å². The summed E-state index contributed by atoms with van der Waals surface area (Å²) >= 11 is 0. The molecule has 0 saturated carbocycles. The SMILES string of the molecule is C[C@H]1CCOC[C@@H]1n1cc(C(N)=O)c(Nc2cc(F)c3c(c2)B(O)OC3)n1. The van der Waals surface area contributed by atoms with Crippen LogP contribution in [0.15, 0.2) is 18.3 Å². The van der Waals surface area contributed by atoms with Crippen LogP contribution in [-0.2, 0) is 16.0 Å². The summed E-state index contributed by atoms with van der Waals surface area (Å²) in [7, 11) is -1.18. The van der Waals surface area contributed by atoms with Crippen molar-refractivity contribution in [3.63, 3.8) is 0 Å². The summed E-state index contributed by atoms with van der Waals surface area (Å²) in [4.78, 5) is 11.9. The van der Waals surface area contributed by atoms with Crippen molar-refractivity contribution in [3.8, 4) is 0 Å². The molecule has 27 heavy (non-hydrogen) atoms. The van der Waals surface area contributed by atoms with Crippen molar-refractivity contribution in [2.45, 2.75) is 26.0 Å². The molecule has 3 heterocycles. The van der Waals surface area contributed by atoms with E-state index < -0.39 is 18.8 Å². The zero-order valence-corrected chi connectivity index (χ0v) is 14.8. The maximum Gasteiger partial charge on any atom is 0.491 e. The highest BCUT2D eigenvalue weighted by atomic mass is 19.1. The number of hydrogen-bond acceptors (Lipinski definition) is 6. The van der Waals surface area contributed by atoms with Crippen LogP contribution in [0, 0.1) is 11.7 Å². The molecule has 0 radical (unpaired) electrons. The number of nitrogens with zero attached hydrogens (tertiary/aromatic N) is 2. The Morgan fingerprint density at radius 2 is 2.33 bits per heavy atom. The van der Waals surface area contributed by atoms with E-state index in [0.717, 1.165) is 6.42 Å². The molecule has 4 rings (SSSR count). The predicted molar refractivity (Wildman–Crippen MR) is 96.5 cm³/mol. The lowest BCUT2D eigenvalue weighted by molar-refractivity contribution is 0.0238. The Morgan fingerprint density at radius 1 is 1.52 bits per heavy atom. The predicted octanol–water partition coefficient (Wildman–Crippen LogP) is 0.680. The van der Waals surface area contributed by atoms with E-state index in [2.05, 4.69) is 17.3 Å². The van der Waals surface area contributed by atoms with Crippen LogP contribution in [0.2, 0.25) is 0 Å². The topological polar surface area (TPSA) is 112 Å². The van der Waals surface area contributed by atoms with Crippen molar-refractivity contribution in [3.05, 3.63) is 35.3 Å². The van der Waals surface area contributed by atoms with Crippen molar-refractivity contribution in [1.82, 2.24) is 9.78 Å². The number of benzene rings is 1. The summed E-state index contributed by atoms with van der Waals surface area (Å²) in [5, 5.41) is 17.2. The van der Waals surface area contributed by atoms with Gasteiger partial charge < -0.3 is 25.5 Å². The van der Waals surface area contributed by atoms with E-state index in [9.17, 15) is 14.2 Å². The van der Waals surface area contributed by atoms with Crippen molar-refractivity contribution < 1.29 is 23.6 Å². The van der Waals surface area contributed by atoms with Gasteiger partial charge >= 0.3 is 7.12 Å². The number of amides is 1. The van der Waals surface area contributed by atoms with E-state index in [0.29, 0.717) is 35.8 Å². The van der Waals surface area contributed by atoms with Gasteiger partial charge in [0, 0.05) is 24.1 Å². The minimum atomic E-state index is -1.18. The van der Waals surface area contributed by atoms with Crippen molar-refractivity contribution in [2.75, 3.05) is 18.5 Å². The van der Waals surface area contributed by atoms with Crippen LogP contribution >= 0.6 is 0 Å². The summed E-state index contributed by atoms with van der Waals surface area (Å²) in [5.41, 5.74) is 6.71. The van der Waals surface area contributed by atoms with Crippen molar-refractivity contribution in [1.29, 1.82) is 0 Å². The number of aromatic nitrogens is 2. The second-order valence-corrected chi connectivity index (χ2v) is 6.96. The number of nitrogens with one attached hydrogen (secondary N) is 1. The zero-order valence-electron chi connectivity index (χ0n) is 14.8. The largest absolute Gasteiger partial charge is 0.491 e. The van der Waals surface area contributed by atoms with Crippen LogP contribution < -0.4 is 16.5 Å². The van der Waals surface area contributed by atoms with Gasteiger partial charge in [0.05, 0.1) is 19.3 Å². The van der Waals surface area contributed by atoms with Gasteiger partial charge in [-0.3, -0.25) is 9.48 Å². The van der Waals surface area contributed by atoms with E-state index in [1.165, 1.54) is 6.07 Å². The van der Waals surface area contributed by atoms with E-state index in [4.69, 9.17) is 15.1 Å². The first kappa shape index (κ1) is 18.0. The molecular formula is C17H20BFN4O4. The Morgan fingerprint density at radius 3 is 3.07 bits per heavy atom. The fourth-order valence-corrected chi connectivity index (χ4v) is 3.49. The second-order valence-electron chi connectivity index (χ2n) is 6.96. The molecule has 10 heteroatoms. The molecule has 0 unspecified atom stereocenters. The van der Waals surface area contributed by atoms with E-state index >= 15 is 0 Å². The number of carbonyl (C=O) groups excluding carboxylic acids is 1. The van der Waals surface area contributed by atoms with Crippen LogP contribution in [0.1, 0.15) is 35.3 Å². The van der Waals surface area contributed by atoms with Gasteiger partial charge in [-0.25, -0.2) is 4.39 Å². The molecule has 1 aromatic heterocycles. The molecule has 0 spiro atoms. The number of carbonyl (C=O) groups is 1. The highest BCUT2D eigenvalue weighted by Gasteiger charge is 2.31. The highest BCUT2D eigenvalue weighted by Crippen LogP contribution is 2.29. The molecule has 1 aromatic carbocycles. The van der Waals surface area contributed by atoms with Crippen LogP contribution in [0.25, 0.3) is 0 Å². The quantitative estimate of drug-likeness (QED) is 0.679. The third-order valence-electron chi connectivity index (χ3n) is 5.14. The Balaban J connectivity index is 1.67. The second kappa shape index (κ2) is 6.95. The fourth-order valence-electron chi connectivity index (χ4n) is 3.49. The first-order valence-corrected chi connectivity index (χ1v) is 8.79. The smallest absolute Gasteiger partial charge is 0.423 e. The van der Waals surface area contributed by atoms with E-state index in [1.807, 2.05) is 0 Å². The summed E-state index contributed by atoms with van der Waals surface area (Å²) < 4.78 is 26.5. The van der Waals surface area contributed by atoms with Gasteiger partial charge in [0.25, 0.3) is 5.91 Å². The summed E-state index contributed by atoms with van der Waals surface area (Å²) in [5.74, 6) is -0.580. The Labute approximate surface area is 155 Å². The van der Waals surface area contributed by atoms with Gasteiger partial charge in [-0.15, -0.1) is 0 Å². The molecule has 1 saturated heterocycles. The van der Waals surface area contributed by atoms with Crippen LogP contribution in [0.4, 0.5) is 15.9 Å². The number of rotatable bonds is 4. The molecule has 4 N–H and O–H groups in total. The molecule has 8 nitrogen and oxygen atoms in total. The number of halogens is 1. The number of fused-ring (bicyclic) bond motifs is 1. The lowest BCUT2D eigenvalue weighted by Crippen LogP contribution is -2.29.